The number of amides is 1. The third-order valence-corrected chi connectivity index (χ3v) is 5.93. The number of carbonyl (C=O) groups is 1. The van der Waals surface area contributed by atoms with Gasteiger partial charge in [-0.05, 0) is 48.9 Å². The fourth-order valence-electron chi connectivity index (χ4n) is 3.16. The van der Waals surface area contributed by atoms with Crippen LogP contribution in [0.3, 0.4) is 0 Å². The second-order valence-corrected chi connectivity index (χ2v) is 9.16. The van der Waals surface area contributed by atoms with Gasteiger partial charge in [-0.1, -0.05) is 54.9 Å². The smallest absolute Gasteiger partial charge is 0.248 e. The molecule has 0 fully saturated rings. The van der Waals surface area contributed by atoms with Gasteiger partial charge in [0.2, 0.25) is 15.9 Å². The molecule has 31 heavy (non-hydrogen) atoms. The highest BCUT2D eigenvalue weighted by Crippen LogP contribution is 2.33. The highest BCUT2D eigenvalue weighted by molar-refractivity contribution is 7.92. The molecule has 6 nitrogen and oxygen atoms in total. The Kier molecular flexibility index (Phi) is 7.20. The maximum Gasteiger partial charge on any atom is 0.248 e. The molecule has 1 N–H and O–H groups in total. The molecule has 0 spiro atoms. The van der Waals surface area contributed by atoms with Crippen molar-refractivity contribution in [1.82, 2.24) is 0 Å². The quantitative estimate of drug-likeness (QED) is 0.496. The molecule has 1 amide bonds. The number of nitrogens with one attached hydrogen (secondary N) is 1. The Bertz CT molecular complexity index is 1140. The zero-order valence-electron chi connectivity index (χ0n) is 17.2. The third-order valence-electron chi connectivity index (χ3n) is 4.51. The van der Waals surface area contributed by atoms with E-state index in [9.17, 15) is 13.2 Å². The van der Waals surface area contributed by atoms with Crippen LogP contribution in [0.15, 0.2) is 78.9 Å². The normalized spacial score (nSPS) is 12.1. The molecule has 0 bridgehead atoms. The number of para-hydroxylation sites is 2. The molecule has 0 aliphatic rings. The minimum absolute atomic E-state index is 0.267. The first-order chi connectivity index (χ1) is 14.8. The zero-order chi connectivity index (χ0) is 22.4. The number of halogens is 1. The van der Waals surface area contributed by atoms with Gasteiger partial charge in [0, 0.05) is 5.02 Å². The van der Waals surface area contributed by atoms with Gasteiger partial charge < -0.3 is 10.1 Å². The molecule has 0 heterocycles. The van der Waals surface area contributed by atoms with Crippen LogP contribution in [-0.2, 0) is 14.8 Å². The summed E-state index contributed by atoms with van der Waals surface area (Å²) in [6.45, 7) is 1.75. The number of carbonyl (C=O) groups excluding carboxylic acids is 1. The maximum atomic E-state index is 13.2. The largest absolute Gasteiger partial charge is 0.455 e. The van der Waals surface area contributed by atoms with E-state index in [0.717, 1.165) is 10.6 Å². The molecule has 8 heteroatoms. The summed E-state index contributed by atoms with van der Waals surface area (Å²) in [6, 6.07) is 21.6. The first-order valence-corrected chi connectivity index (χ1v) is 11.9. The Morgan fingerprint density at radius 3 is 2.23 bits per heavy atom. The van der Waals surface area contributed by atoms with Crippen molar-refractivity contribution < 1.29 is 17.9 Å². The van der Waals surface area contributed by atoms with Crippen molar-refractivity contribution in [2.24, 2.45) is 0 Å². The minimum Gasteiger partial charge on any atom is -0.455 e. The predicted octanol–water partition coefficient (Wildman–Crippen LogP) is 5.32. The molecule has 0 unspecified atom stereocenters. The molecule has 3 rings (SSSR count). The van der Waals surface area contributed by atoms with Crippen LogP contribution >= 0.6 is 11.6 Å². The third kappa shape index (κ3) is 5.77. The number of anilines is 2. The maximum absolute atomic E-state index is 13.2. The highest BCUT2D eigenvalue weighted by Gasteiger charge is 2.31. The zero-order valence-corrected chi connectivity index (χ0v) is 18.7. The van der Waals surface area contributed by atoms with E-state index >= 15 is 0 Å². The second kappa shape index (κ2) is 9.85. The monoisotopic (exact) mass is 458 g/mol. The molecule has 0 aliphatic carbocycles. The lowest BCUT2D eigenvalue weighted by molar-refractivity contribution is -0.117. The molecule has 0 aromatic heterocycles. The van der Waals surface area contributed by atoms with Gasteiger partial charge in [-0.3, -0.25) is 9.10 Å². The van der Waals surface area contributed by atoms with E-state index in [0.29, 0.717) is 27.9 Å². The molecule has 0 radical (unpaired) electrons. The molecule has 162 valence electrons. The minimum atomic E-state index is -3.72. The Labute approximate surface area is 187 Å². The Morgan fingerprint density at radius 2 is 1.65 bits per heavy atom. The number of ether oxygens (including phenoxy) is 1. The van der Waals surface area contributed by atoms with Crippen LogP contribution in [0.2, 0.25) is 5.02 Å². The average Bonchev–Trinajstić information content (AvgIpc) is 2.74. The molecule has 0 saturated carbocycles. The molecular weight excluding hydrogens is 436 g/mol. The second-order valence-electron chi connectivity index (χ2n) is 6.86. The van der Waals surface area contributed by atoms with E-state index in [4.69, 9.17) is 16.3 Å². The topological polar surface area (TPSA) is 75.7 Å². The van der Waals surface area contributed by atoms with Crippen molar-refractivity contribution in [1.29, 1.82) is 0 Å². The summed E-state index contributed by atoms with van der Waals surface area (Å²) in [7, 11) is -3.72. The number of nitrogens with zero attached hydrogens (tertiary/aromatic N) is 1. The number of hydrogen-bond donors (Lipinski definition) is 1. The van der Waals surface area contributed by atoms with Crippen LogP contribution < -0.4 is 14.4 Å². The van der Waals surface area contributed by atoms with Crippen molar-refractivity contribution in [3.05, 3.63) is 83.9 Å². The van der Waals surface area contributed by atoms with Gasteiger partial charge in [-0.15, -0.1) is 0 Å². The lowest BCUT2D eigenvalue weighted by Crippen LogP contribution is -2.47. The number of benzene rings is 3. The standard InChI is InChI=1S/C23H23ClN2O4S/c1-3-21(26(31(2,28)29)18-10-6-4-7-11-18)23(27)25-20-16-17(24)14-15-22(20)30-19-12-8-5-9-13-19/h4-16,21H,3H2,1-2H3,(H,25,27)/t21-/m1/s1. The highest BCUT2D eigenvalue weighted by atomic mass is 35.5. The summed E-state index contributed by atoms with van der Waals surface area (Å²) in [5.74, 6) is 0.496. The van der Waals surface area contributed by atoms with Crippen LogP contribution in [0, 0.1) is 0 Å². The van der Waals surface area contributed by atoms with Gasteiger partial charge in [0.15, 0.2) is 5.75 Å². The van der Waals surface area contributed by atoms with E-state index < -0.39 is 22.0 Å². The Morgan fingerprint density at radius 1 is 1.03 bits per heavy atom. The first-order valence-electron chi connectivity index (χ1n) is 9.67. The van der Waals surface area contributed by atoms with Gasteiger partial charge >= 0.3 is 0 Å². The number of hydrogen-bond acceptors (Lipinski definition) is 4. The summed E-state index contributed by atoms with van der Waals surface area (Å²) >= 11 is 6.13. The van der Waals surface area contributed by atoms with Crippen LogP contribution in [0.25, 0.3) is 0 Å². The molecule has 3 aromatic carbocycles. The summed E-state index contributed by atoms with van der Waals surface area (Å²) in [4.78, 5) is 13.2. The predicted molar refractivity (Wildman–Crippen MR) is 124 cm³/mol. The Hall–Kier alpha value is -3.03. The molecule has 1 atom stereocenters. The van der Waals surface area contributed by atoms with Crippen LogP contribution in [-0.4, -0.2) is 26.6 Å². The SMILES string of the molecule is CC[C@H](C(=O)Nc1cc(Cl)ccc1Oc1ccccc1)N(c1ccccc1)S(C)(=O)=O. The van der Waals surface area contributed by atoms with Gasteiger partial charge in [-0.2, -0.15) is 0 Å². The summed E-state index contributed by atoms with van der Waals surface area (Å²) in [6.07, 6.45) is 1.35. The van der Waals surface area contributed by atoms with Crippen molar-refractivity contribution in [2.45, 2.75) is 19.4 Å². The Balaban J connectivity index is 1.92. The van der Waals surface area contributed by atoms with Crippen LogP contribution in [0.4, 0.5) is 11.4 Å². The molecule has 0 aliphatic heterocycles. The molecule has 3 aromatic rings. The van der Waals surface area contributed by atoms with Crippen LogP contribution in [0.1, 0.15) is 13.3 Å². The molecular formula is C23H23ClN2O4S. The van der Waals surface area contributed by atoms with Gasteiger partial charge in [0.1, 0.15) is 11.8 Å². The number of sulfonamides is 1. The van der Waals surface area contributed by atoms with Crippen molar-refractivity contribution >= 4 is 38.9 Å². The lowest BCUT2D eigenvalue weighted by Gasteiger charge is -2.30. The summed E-state index contributed by atoms with van der Waals surface area (Å²) in [5.41, 5.74) is 0.764. The van der Waals surface area contributed by atoms with Crippen LogP contribution in [0.5, 0.6) is 11.5 Å². The van der Waals surface area contributed by atoms with E-state index in [1.807, 2.05) is 18.2 Å². The van der Waals surface area contributed by atoms with Crippen molar-refractivity contribution in [3.8, 4) is 11.5 Å². The van der Waals surface area contributed by atoms with Gasteiger partial charge in [-0.25, -0.2) is 8.42 Å². The van der Waals surface area contributed by atoms with E-state index in [2.05, 4.69) is 5.32 Å². The summed E-state index contributed by atoms with van der Waals surface area (Å²) in [5, 5.41) is 3.20. The van der Waals surface area contributed by atoms with Gasteiger partial charge in [0.25, 0.3) is 0 Å². The van der Waals surface area contributed by atoms with Gasteiger partial charge in [0.05, 0.1) is 17.6 Å². The van der Waals surface area contributed by atoms with Crippen molar-refractivity contribution in [3.63, 3.8) is 0 Å². The fourth-order valence-corrected chi connectivity index (χ4v) is 4.54. The average molecular weight is 459 g/mol. The molecule has 0 saturated heterocycles. The summed E-state index contributed by atoms with van der Waals surface area (Å²) < 4.78 is 32.1. The van der Waals surface area contributed by atoms with E-state index in [1.165, 1.54) is 0 Å². The van der Waals surface area contributed by atoms with E-state index in [1.54, 1.807) is 67.6 Å². The fraction of sp³-hybridized carbons (Fsp3) is 0.174. The van der Waals surface area contributed by atoms with Crippen molar-refractivity contribution in [2.75, 3.05) is 15.9 Å². The number of rotatable bonds is 8. The van der Waals surface area contributed by atoms with E-state index in [-0.39, 0.29) is 6.42 Å². The lowest BCUT2D eigenvalue weighted by atomic mass is 10.1. The first kappa shape index (κ1) is 22.7.